The van der Waals surface area contributed by atoms with Gasteiger partial charge in [0.25, 0.3) is 0 Å². The Labute approximate surface area is 152 Å². The van der Waals surface area contributed by atoms with E-state index in [-0.39, 0.29) is 6.10 Å². The van der Waals surface area contributed by atoms with Crippen LogP contribution >= 0.6 is 0 Å². The summed E-state index contributed by atoms with van der Waals surface area (Å²) in [4.78, 5) is 2.53. The van der Waals surface area contributed by atoms with Gasteiger partial charge in [0.1, 0.15) is 5.75 Å². The van der Waals surface area contributed by atoms with E-state index in [4.69, 9.17) is 4.74 Å². The van der Waals surface area contributed by atoms with Crippen molar-refractivity contribution in [2.45, 2.75) is 76.1 Å². The van der Waals surface area contributed by atoms with E-state index in [0.29, 0.717) is 18.1 Å². The smallest absolute Gasteiger partial charge is 0.122 e. The lowest BCUT2D eigenvalue weighted by Crippen LogP contribution is -2.52. The van der Waals surface area contributed by atoms with E-state index in [9.17, 15) is 5.11 Å². The monoisotopic (exact) mass is 346 g/mol. The molecule has 25 heavy (non-hydrogen) atoms. The Kier molecular flexibility index (Phi) is 6.74. The molecule has 1 saturated carbocycles. The van der Waals surface area contributed by atoms with E-state index in [1.54, 1.807) is 7.11 Å². The van der Waals surface area contributed by atoms with Gasteiger partial charge in [0, 0.05) is 31.2 Å². The molecule has 4 nitrogen and oxygen atoms in total. The number of ether oxygens (including phenoxy) is 1. The van der Waals surface area contributed by atoms with Crippen molar-refractivity contribution in [3.8, 4) is 5.75 Å². The highest BCUT2D eigenvalue weighted by Crippen LogP contribution is 2.26. The highest BCUT2D eigenvalue weighted by molar-refractivity contribution is 5.33. The number of likely N-dealkylation sites (tertiary alicyclic amines) is 1. The van der Waals surface area contributed by atoms with Crippen LogP contribution in [0.15, 0.2) is 24.3 Å². The molecule has 2 N–H and O–H groups in total. The van der Waals surface area contributed by atoms with E-state index in [1.165, 1.54) is 37.7 Å². The molecule has 3 atom stereocenters. The Morgan fingerprint density at radius 1 is 1.16 bits per heavy atom. The number of nitrogens with one attached hydrogen (secondary N) is 1. The molecule has 2 fully saturated rings. The number of hydrogen-bond donors (Lipinski definition) is 2. The molecule has 1 saturated heterocycles. The molecule has 4 heteroatoms. The molecule has 2 aliphatic rings. The summed E-state index contributed by atoms with van der Waals surface area (Å²) in [6.45, 7) is 4.49. The Balaban J connectivity index is 1.45. The number of rotatable bonds is 6. The van der Waals surface area contributed by atoms with Crippen molar-refractivity contribution in [2.75, 3.05) is 20.2 Å². The molecule has 1 aromatic carbocycles. The lowest BCUT2D eigenvalue weighted by atomic mass is 9.89. The molecular formula is C21H34N2O2. The van der Waals surface area contributed by atoms with Crippen molar-refractivity contribution in [3.63, 3.8) is 0 Å². The number of nitrogens with zero attached hydrogens (tertiary/aromatic N) is 1. The maximum Gasteiger partial charge on any atom is 0.122 e. The molecule has 1 aliphatic heterocycles. The second-order valence-corrected chi connectivity index (χ2v) is 7.81. The normalized spacial score (nSPS) is 27.2. The number of hydrogen-bond acceptors (Lipinski definition) is 4. The highest BCUT2D eigenvalue weighted by Gasteiger charge is 2.31. The lowest BCUT2D eigenvalue weighted by Gasteiger charge is -2.42. The average molecular weight is 347 g/mol. The second-order valence-electron chi connectivity index (χ2n) is 7.81. The fourth-order valence-corrected chi connectivity index (χ4v) is 4.58. The van der Waals surface area contributed by atoms with Gasteiger partial charge in [-0.2, -0.15) is 0 Å². The molecule has 3 rings (SSSR count). The minimum Gasteiger partial charge on any atom is -0.496 e. The largest absolute Gasteiger partial charge is 0.496 e. The molecule has 0 spiro atoms. The molecule has 1 heterocycles. The van der Waals surface area contributed by atoms with Crippen LogP contribution in [0.3, 0.4) is 0 Å². The number of aliphatic hydroxyl groups is 1. The van der Waals surface area contributed by atoms with Crippen LogP contribution in [0, 0.1) is 0 Å². The zero-order chi connectivity index (χ0) is 17.6. The first kappa shape index (κ1) is 18.7. The summed E-state index contributed by atoms with van der Waals surface area (Å²) in [7, 11) is 1.74. The summed E-state index contributed by atoms with van der Waals surface area (Å²) < 4.78 is 5.47. The lowest BCUT2D eigenvalue weighted by molar-refractivity contribution is 0.00672. The predicted octanol–water partition coefficient (Wildman–Crippen LogP) is 2.98. The Morgan fingerprint density at radius 2 is 1.88 bits per heavy atom. The third kappa shape index (κ3) is 4.96. The van der Waals surface area contributed by atoms with E-state index in [2.05, 4.69) is 29.3 Å². The summed E-state index contributed by atoms with van der Waals surface area (Å²) in [6, 6.07) is 9.73. The summed E-state index contributed by atoms with van der Waals surface area (Å²) in [5, 5.41) is 14.1. The van der Waals surface area contributed by atoms with Gasteiger partial charge in [-0.1, -0.05) is 31.0 Å². The second kappa shape index (κ2) is 9.02. The summed E-state index contributed by atoms with van der Waals surface area (Å²) in [5.74, 6) is 0.984. The molecule has 1 aromatic rings. The minimum atomic E-state index is -0.109. The van der Waals surface area contributed by atoms with Gasteiger partial charge in [-0.25, -0.2) is 0 Å². The third-order valence-electron chi connectivity index (χ3n) is 5.93. The summed E-state index contributed by atoms with van der Waals surface area (Å²) in [5.41, 5.74) is 1.27. The standard InChI is InChI=1S/C21H34N2O2/c1-16(15-17-7-3-6-10-21(17)25-2)22-18-11-13-23(14-12-18)19-8-4-5-9-20(19)24/h3,6-7,10,16,18-20,22,24H,4-5,8-9,11-15H2,1-2H3. The molecule has 140 valence electrons. The molecule has 0 bridgehead atoms. The first-order chi connectivity index (χ1) is 12.2. The van der Waals surface area contributed by atoms with Crippen molar-refractivity contribution in [1.29, 1.82) is 0 Å². The first-order valence-electron chi connectivity index (χ1n) is 9.97. The van der Waals surface area contributed by atoms with Crippen molar-refractivity contribution in [2.24, 2.45) is 0 Å². The molecule has 1 aliphatic carbocycles. The van der Waals surface area contributed by atoms with Crippen molar-refractivity contribution in [1.82, 2.24) is 10.2 Å². The quantitative estimate of drug-likeness (QED) is 0.831. The van der Waals surface area contributed by atoms with Crippen LogP contribution in [0.4, 0.5) is 0 Å². The van der Waals surface area contributed by atoms with Gasteiger partial charge >= 0.3 is 0 Å². The third-order valence-corrected chi connectivity index (χ3v) is 5.93. The number of aliphatic hydroxyl groups excluding tert-OH is 1. The van der Waals surface area contributed by atoms with Crippen LogP contribution < -0.4 is 10.1 Å². The van der Waals surface area contributed by atoms with Crippen LogP contribution in [-0.2, 0) is 6.42 Å². The van der Waals surface area contributed by atoms with Crippen LogP contribution in [-0.4, -0.2) is 54.4 Å². The van der Waals surface area contributed by atoms with Gasteiger partial charge < -0.3 is 15.2 Å². The van der Waals surface area contributed by atoms with E-state index >= 15 is 0 Å². The molecule has 0 radical (unpaired) electrons. The zero-order valence-corrected chi connectivity index (χ0v) is 15.8. The Hall–Kier alpha value is -1.10. The van der Waals surface area contributed by atoms with Gasteiger partial charge in [0.2, 0.25) is 0 Å². The topological polar surface area (TPSA) is 44.7 Å². The SMILES string of the molecule is COc1ccccc1CC(C)NC1CCN(C2CCCCC2O)CC1. The molecule has 3 unspecified atom stereocenters. The number of benzene rings is 1. The summed E-state index contributed by atoms with van der Waals surface area (Å²) >= 11 is 0. The maximum absolute atomic E-state index is 10.3. The molecular weight excluding hydrogens is 312 g/mol. The van der Waals surface area contributed by atoms with Gasteiger partial charge in [-0.05, 0) is 50.7 Å². The van der Waals surface area contributed by atoms with Gasteiger partial charge in [0.15, 0.2) is 0 Å². The highest BCUT2D eigenvalue weighted by atomic mass is 16.5. The van der Waals surface area contributed by atoms with Gasteiger partial charge in [0.05, 0.1) is 13.2 Å². The number of piperidine rings is 1. The fraction of sp³-hybridized carbons (Fsp3) is 0.714. The fourth-order valence-electron chi connectivity index (χ4n) is 4.58. The van der Waals surface area contributed by atoms with Crippen LogP contribution in [0.25, 0.3) is 0 Å². The Bertz CT molecular complexity index is 528. The molecule has 0 aromatic heterocycles. The minimum absolute atomic E-state index is 0.109. The van der Waals surface area contributed by atoms with E-state index in [1.807, 2.05) is 12.1 Å². The van der Waals surface area contributed by atoms with Crippen molar-refractivity contribution >= 4 is 0 Å². The van der Waals surface area contributed by atoms with Crippen LogP contribution in [0.5, 0.6) is 5.75 Å². The van der Waals surface area contributed by atoms with Crippen molar-refractivity contribution < 1.29 is 9.84 Å². The Morgan fingerprint density at radius 3 is 2.60 bits per heavy atom. The van der Waals surface area contributed by atoms with E-state index in [0.717, 1.165) is 31.7 Å². The molecule has 0 amide bonds. The summed E-state index contributed by atoms with van der Waals surface area (Å²) in [6.07, 6.45) is 7.86. The van der Waals surface area contributed by atoms with Crippen molar-refractivity contribution in [3.05, 3.63) is 29.8 Å². The van der Waals surface area contributed by atoms with Gasteiger partial charge in [-0.15, -0.1) is 0 Å². The maximum atomic E-state index is 10.3. The van der Waals surface area contributed by atoms with Gasteiger partial charge in [-0.3, -0.25) is 4.90 Å². The van der Waals surface area contributed by atoms with E-state index < -0.39 is 0 Å². The number of methoxy groups -OCH3 is 1. The van der Waals surface area contributed by atoms with Crippen LogP contribution in [0.1, 0.15) is 51.0 Å². The average Bonchev–Trinajstić information content (AvgIpc) is 2.63. The first-order valence-corrected chi connectivity index (χ1v) is 9.97. The zero-order valence-electron chi connectivity index (χ0n) is 15.8. The van der Waals surface area contributed by atoms with Crippen LogP contribution in [0.2, 0.25) is 0 Å². The predicted molar refractivity (Wildman–Crippen MR) is 102 cm³/mol. The number of para-hydroxylation sites is 1.